The minimum absolute atomic E-state index is 0.0163. The molecule has 2 N–H and O–H groups in total. The maximum atomic E-state index is 13.2. The molecule has 3 rings (SSSR count). The van der Waals surface area contributed by atoms with Crippen LogP contribution in [0, 0.1) is 11.7 Å². The lowest BCUT2D eigenvalue weighted by Gasteiger charge is -2.47. The van der Waals surface area contributed by atoms with Crippen molar-refractivity contribution in [1.29, 1.82) is 0 Å². The van der Waals surface area contributed by atoms with E-state index in [9.17, 15) is 14.6 Å². The molecule has 0 aromatic heterocycles. The molecule has 0 amide bonds. The van der Waals surface area contributed by atoms with Gasteiger partial charge in [-0.25, -0.2) is 4.39 Å². The fourth-order valence-electron chi connectivity index (χ4n) is 5.07. The zero-order chi connectivity index (χ0) is 22.1. The van der Waals surface area contributed by atoms with E-state index in [-0.39, 0.29) is 28.7 Å². The first kappa shape index (κ1) is 23.7. The summed E-state index contributed by atoms with van der Waals surface area (Å²) in [6.45, 7) is 6.18. The number of ether oxygens (including phenoxy) is 2. The number of aliphatic hydroxyl groups excluding tert-OH is 1. The number of epoxide rings is 1. The first-order valence-corrected chi connectivity index (χ1v) is 12.6. The topological polar surface area (TPSA) is 62.2 Å². The molecule has 0 radical (unpaired) electrons. The lowest BCUT2D eigenvalue weighted by molar-refractivity contribution is -0.169. The first-order chi connectivity index (χ1) is 14.1. The van der Waals surface area contributed by atoms with E-state index in [1.807, 2.05) is 19.1 Å². The van der Waals surface area contributed by atoms with E-state index in [0.717, 1.165) is 17.7 Å². The molecule has 1 aromatic carbocycles. The zero-order valence-electron chi connectivity index (χ0n) is 18.7. The Morgan fingerprint density at radius 3 is 2.60 bits per heavy atom. The van der Waals surface area contributed by atoms with Crippen molar-refractivity contribution in [3.8, 4) is 0 Å². The molecule has 1 heterocycles. The second-order valence-corrected chi connectivity index (χ2v) is 11.5. The SMILES string of the molecule is CO[C@@H]1[C@H](O)CC[C@](O)(C[S+](C)Cc2ccc(F)cc2)[C@H]1[C@@]1(C)O[C@@H]1CC=C(C)C. The van der Waals surface area contributed by atoms with Crippen molar-refractivity contribution in [2.24, 2.45) is 5.92 Å². The summed E-state index contributed by atoms with van der Waals surface area (Å²) in [6, 6.07) is 6.58. The van der Waals surface area contributed by atoms with Gasteiger partial charge in [0.1, 0.15) is 28.5 Å². The summed E-state index contributed by atoms with van der Waals surface area (Å²) in [5.41, 5.74) is 0.802. The summed E-state index contributed by atoms with van der Waals surface area (Å²) >= 11 is 0. The van der Waals surface area contributed by atoms with E-state index in [1.54, 1.807) is 7.11 Å². The van der Waals surface area contributed by atoms with Gasteiger partial charge in [-0.2, -0.15) is 0 Å². The third-order valence-corrected chi connectivity index (χ3v) is 8.41. The van der Waals surface area contributed by atoms with Gasteiger partial charge in [0.2, 0.25) is 0 Å². The van der Waals surface area contributed by atoms with Crippen molar-refractivity contribution in [3.05, 3.63) is 47.3 Å². The molecule has 1 aliphatic carbocycles. The van der Waals surface area contributed by atoms with Crippen molar-refractivity contribution in [3.63, 3.8) is 0 Å². The van der Waals surface area contributed by atoms with Crippen LogP contribution in [0.2, 0.25) is 0 Å². The summed E-state index contributed by atoms with van der Waals surface area (Å²) in [5, 5.41) is 22.5. The van der Waals surface area contributed by atoms with Crippen molar-refractivity contribution < 1.29 is 24.1 Å². The smallest absolute Gasteiger partial charge is 0.137 e. The standard InChI is InChI=1S/C24H36FO4S/c1-16(2)6-11-20-23(3,29-20)22-21(28-4)19(26)12-13-24(22,27)15-30(5)14-17-7-9-18(25)10-8-17/h6-10,19-22,26-27H,11-15H2,1-5H3/q+1/t19-,20-,21-,22-,23+,24+,30?/m1/s1. The van der Waals surface area contributed by atoms with Crippen molar-refractivity contribution >= 4 is 10.9 Å². The molecule has 4 nitrogen and oxygen atoms in total. The molecule has 1 aliphatic heterocycles. The van der Waals surface area contributed by atoms with Crippen LogP contribution >= 0.6 is 0 Å². The molecular formula is C24H36FO4S+. The summed E-state index contributed by atoms with van der Waals surface area (Å²) in [4.78, 5) is 0. The molecule has 7 atom stereocenters. The Morgan fingerprint density at radius 1 is 1.33 bits per heavy atom. The number of rotatable bonds is 8. The van der Waals surface area contributed by atoms with Gasteiger partial charge in [-0.3, -0.25) is 0 Å². The van der Waals surface area contributed by atoms with E-state index in [2.05, 4.69) is 26.2 Å². The van der Waals surface area contributed by atoms with Gasteiger partial charge in [-0.05, 0) is 63.1 Å². The van der Waals surface area contributed by atoms with Gasteiger partial charge < -0.3 is 19.7 Å². The molecular weight excluding hydrogens is 403 g/mol. The number of hydrogen-bond donors (Lipinski definition) is 2. The van der Waals surface area contributed by atoms with E-state index >= 15 is 0 Å². The molecule has 1 aromatic rings. The van der Waals surface area contributed by atoms with Crippen molar-refractivity contribution in [1.82, 2.24) is 0 Å². The lowest BCUT2D eigenvalue weighted by atomic mass is 9.66. The monoisotopic (exact) mass is 439 g/mol. The van der Waals surface area contributed by atoms with Crippen LogP contribution in [0.15, 0.2) is 35.9 Å². The molecule has 1 unspecified atom stereocenters. The Hall–Kier alpha value is -0.920. The normalized spacial score (nSPS) is 36.9. The van der Waals surface area contributed by atoms with E-state index < -0.39 is 23.4 Å². The number of methoxy groups -OCH3 is 1. The largest absolute Gasteiger partial charge is 0.390 e. The average Bonchev–Trinajstić information content (AvgIpc) is 3.34. The summed E-state index contributed by atoms with van der Waals surface area (Å²) in [6.07, 6.45) is 5.07. The Labute approximate surface area is 182 Å². The van der Waals surface area contributed by atoms with Gasteiger partial charge in [0.15, 0.2) is 0 Å². The average molecular weight is 440 g/mol. The van der Waals surface area contributed by atoms with E-state index in [1.165, 1.54) is 17.7 Å². The van der Waals surface area contributed by atoms with Crippen LogP contribution in [0.5, 0.6) is 0 Å². The minimum atomic E-state index is -0.980. The van der Waals surface area contributed by atoms with Crippen LogP contribution in [0.3, 0.4) is 0 Å². The number of allylic oxidation sites excluding steroid dienone is 1. The van der Waals surface area contributed by atoms with Crippen LogP contribution in [-0.2, 0) is 26.1 Å². The molecule has 30 heavy (non-hydrogen) atoms. The predicted molar refractivity (Wildman–Crippen MR) is 120 cm³/mol. The van der Waals surface area contributed by atoms with Crippen molar-refractivity contribution in [2.75, 3.05) is 19.1 Å². The number of hydrogen-bond acceptors (Lipinski definition) is 4. The third-order valence-electron chi connectivity index (χ3n) is 6.59. The molecule has 2 aliphatic rings. The third kappa shape index (κ3) is 5.10. The van der Waals surface area contributed by atoms with Crippen LogP contribution in [-0.4, -0.2) is 58.8 Å². The van der Waals surface area contributed by atoms with Crippen LogP contribution in [0.4, 0.5) is 4.39 Å². The molecule has 1 saturated carbocycles. The second kappa shape index (κ2) is 9.29. The lowest BCUT2D eigenvalue weighted by Crippen LogP contribution is -2.62. The van der Waals surface area contributed by atoms with Gasteiger partial charge in [-0.15, -0.1) is 0 Å². The highest BCUT2D eigenvalue weighted by Gasteiger charge is 2.68. The molecule has 2 fully saturated rings. The van der Waals surface area contributed by atoms with Gasteiger partial charge in [-0.1, -0.05) is 23.8 Å². The Bertz CT molecular complexity index is 750. The van der Waals surface area contributed by atoms with Gasteiger partial charge >= 0.3 is 0 Å². The molecule has 168 valence electrons. The number of aliphatic hydroxyl groups is 2. The second-order valence-electron chi connectivity index (χ2n) is 9.39. The highest BCUT2D eigenvalue weighted by atomic mass is 32.2. The summed E-state index contributed by atoms with van der Waals surface area (Å²) in [5.74, 6) is 0.848. The highest BCUT2D eigenvalue weighted by Crippen LogP contribution is 2.54. The Morgan fingerprint density at radius 2 is 2.00 bits per heavy atom. The van der Waals surface area contributed by atoms with Crippen LogP contribution in [0.1, 0.15) is 45.6 Å². The zero-order valence-corrected chi connectivity index (χ0v) is 19.5. The first-order valence-electron chi connectivity index (χ1n) is 10.7. The molecule has 0 spiro atoms. The quantitative estimate of drug-likeness (QED) is 0.369. The predicted octanol–water partition coefficient (Wildman–Crippen LogP) is 3.60. The van der Waals surface area contributed by atoms with Crippen LogP contribution < -0.4 is 0 Å². The van der Waals surface area contributed by atoms with E-state index in [0.29, 0.717) is 18.6 Å². The number of benzene rings is 1. The molecule has 0 bridgehead atoms. The molecule has 1 saturated heterocycles. The fraction of sp³-hybridized carbons (Fsp3) is 0.667. The highest BCUT2D eigenvalue weighted by molar-refractivity contribution is 7.95. The van der Waals surface area contributed by atoms with Gasteiger partial charge in [0.05, 0.1) is 30.5 Å². The van der Waals surface area contributed by atoms with Gasteiger partial charge in [0.25, 0.3) is 0 Å². The van der Waals surface area contributed by atoms with Gasteiger partial charge in [0, 0.05) is 12.7 Å². The maximum Gasteiger partial charge on any atom is 0.137 e. The molecule has 6 heteroatoms. The fourth-order valence-corrected chi connectivity index (χ4v) is 7.11. The summed E-state index contributed by atoms with van der Waals surface area (Å²) < 4.78 is 25.1. The van der Waals surface area contributed by atoms with Crippen molar-refractivity contribution in [2.45, 2.75) is 75.3 Å². The summed E-state index contributed by atoms with van der Waals surface area (Å²) in [7, 11) is 1.49. The van der Waals surface area contributed by atoms with E-state index in [4.69, 9.17) is 9.47 Å². The number of halogens is 1. The maximum absolute atomic E-state index is 13.2. The Balaban J connectivity index is 1.79. The minimum Gasteiger partial charge on any atom is -0.390 e. The van der Waals surface area contributed by atoms with Crippen LogP contribution in [0.25, 0.3) is 0 Å². The Kier molecular flexibility index (Phi) is 7.35.